The van der Waals surface area contributed by atoms with Crippen molar-refractivity contribution < 1.29 is 14.3 Å². The first kappa shape index (κ1) is 18.6. The molecule has 3 heterocycles. The summed E-state index contributed by atoms with van der Waals surface area (Å²) in [5.74, 6) is -0.506. The van der Waals surface area contributed by atoms with Crippen LogP contribution in [0.25, 0.3) is 10.2 Å². The zero-order chi connectivity index (χ0) is 18.7. The van der Waals surface area contributed by atoms with Gasteiger partial charge in [-0.2, -0.15) is 0 Å². The van der Waals surface area contributed by atoms with Crippen molar-refractivity contribution in [2.45, 2.75) is 46.1 Å². The SMILES string of the molecule is CCOC(=O)c1sc2ncn(CC(=O)N3CCCCCC3)c(=O)c2c1C. The van der Waals surface area contributed by atoms with Crippen molar-refractivity contribution in [2.75, 3.05) is 19.7 Å². The molecule has 3 rings (SSSR count). The lowest BCUT2D eigenvalue weighted by atomic mass is 10.2. The Kier molecular flexibility index (Phi) is 5.70. The fourth-order valence-corrected chi connectivity index (χ4v) is 4.26. The van der Waals surface area contributed by atoms with Gasteiger partial charge in [0.25, 0.3) is 5.56 Å². The van der Waals surface area contributed by atoms with Gasteiger partial charge in [0.15, 0.2) is 0 Å². The first-order chi connectivity index (χ1) is 12.5. The quantitative estimate of drug-likeness (QED) is 0.764. The number of likely N-dealkylation sites (tertiary alicyclic amines) is 1. The lowest BCUT2D eigenvalue weighted by molar-refractivity contribution is -0.131. The standard InChI is InChI=1S/C18H23N3O4S/c1-3-25-18(24)15-12(2)14-16(26-15)19-11-21(17(14)23)10-13(22)20-8-6-4-5-7-9-20/h11H,3-10H2,1-2H3. The van der Waals surface area contributed by atoms with Crippen LogP contribution in [0.4, 0.5) is 0 Å². The Hall–Kier alpha value is -2.22. The smallest absolute Gasteiger partial charge is 0.348 e. The molecule has 0 N–H and O–H groups in total. The van der Waals surface area contributed by atoms with E-state index in [4.69, 9.17) is 4.74 Å². The van der Waals surface area contributed by atoms with Crippen molar-refractivity contribution >= 4 is 33.4 Å². The van der Waals surface area contributed by atoms with Crippen LogP contribution in [0.15, 0.2) is 11.1 Å². The first-order valence-electron chi connectivity index (χ1n) is 8.96. The third-order valence-corrected chi connectivity index (χ3v) is 5.82. The summed E-state index contributed by atoms with van der Waals surface area (Å²) in [7, 11) is 0. The second kappa shape index (κ2) is 7.99. The Labute approximate surface area is 155 Å². The second-order valence-corrected chi connectivity index (χ2v) is 7.43. The van der Waals surface area contributed by atoms with Gasteiger partial charge in [0.1, 0.15) is 16.3 Å². The van der Waals surface area contributed by atoms with E-state index in [2.05, 4.69) is 4.98 Å². The molecule has 0 atom stereocenters. The number of ether oxygens (including phenoxy) is 1. The van der Waals surface area contributed by atoms with Crippen LogP contribution in [-0.2, 0) is 16.1 Å². The van der Waals surface area contributed by atoms with Crippen molar-refractivity contribution in [1.29, 1.82) is 0 Å². The van der Waals surface area contributed by atoms with Crippen molar-refractivity contribution in [2.24, 2.45) is 0 Å². The van der Waals surface area contributed by atoms with Crippen molar-refractivity contribution in [3.05, 3.63) is 27.1 Å². The maximum Gasteiger partial charge on any atom is 0.348 e. The normalized spacial score (nSPS) is 15.1. The molecular weight excluding hydrogens is 354 g/mol. The molecule has 1 fully saturated rings. The minimum atomic E-state index is -0.445. The lowest BCUT2D eigenvalue weighted by Crippen LogP contribution is -2.37. The number of carbonyl (C=O) groups excluding carboxylic acids is 2. The summed E-state index contributed by atoms with van der Waals surface area (Å²) < 4.78 is 6.38. The number of carbonyl (C=O) groups is 2. The third kappa shape index (κ3) is 3.65. The van der Waals surface area contributed by atoms with Crippen LogP contribution >= 0.6 is 11.3 Å². The van der Waals surface area contributed by atoms with E-state index >= 15 is 0 Å². The average molecular weight is 377 g/mol. The highest BCUT2D eigenvalue weighted by Gasteiger charge is 2.22. The van der Waals surface area contributed by atoms with Gasteiger partial charge in [-0.1, -0.05) is 12.8 Å². The van der Waals surface area contributed by atoms with Crippen molar-refractivity contribution in [3.63, 3.8) is 0 Å². The predicted molar refractivity (Wildman–Crippen MR) is 99.6 cm³/mol. The number of nitrogens with zero attached hydrogens (tertiary/aromatic N) is 3. The molecule has 1 saturated heterocycles. The molecule has 0 aromatic carbocycles. The molecule has 1 amide bonds. The van der Waals surface area contributed by atoms with E-state index in [1.54, 1.807) is 13.8 Å². The summed E-state index contributed by atoms with van der Waals surface area (Å²) >= 11 is 1.15. The van der Waals surface area contributed by atoms with Gasteiger partial charge in [-0.25, -0.2) is 9.78 Å². The fraction of sp³-hybridized carbons (Fsp3) is 0.556. The zero-order valence-corrected chi connectivity index (χ0v) is 15.9. The first-order valence-corrected chi connectivity index (χ1v) is 9.78. The van der Waals surface area contributed by atoms with Crippen LogP contribution in [0.2, 0.25) is 0 Å². The Morgan fingerprint density at radius 2 is 1.92 bits per heavy atom. The van der Waals surface area contributed by atoms with Gasteiger partial charge in [0.2, 0.25) is 5.91 Å². The topological polar surface area (TPSA) is 81.5 Å². The van der Waals surface area contributed by atoms with Crippen LogP contribution < -0.4 is 5.56 Å². The molecule has 8 heteroatoms. The Balaban J connectivity index is 1.89. The Morgan fingerprint density at radius 1 is 1.23 bits per heavy atom. The maximum atomic E-state index is 12.8. The molecule has 26 heavy (non-hydrogen) atoms. The Morgan fingerprint density at radius 3 is 2.58 bits per heavy atom. The highest BCUT2D eigenvalue weighted by atomic mass is 32.1. The fourth-order valence-electron chi connectivity index (χ4n) is 3.23. The molecular formula is C18H23N3O4S. The van der Waals surface area contributed by atoms with Gasteiger partial charge in [-0.05, 0) is 32.3 Å². The van der Waals surface area contributed by atoms with E-state index in [1.807, 2.05) is 4.90 Å². The summed E-state index contributed by atoms with van der Waals surface area (Å²) in [5.41, 5.74) is 0.278. The van der Waals surface area contributed by atoms with Gasteiger partial charge in [-0.15, -0.1) is 11.3 Å². The summed E-state index contributed by atoms with van der Waals surface area (Å²) in [5, 5.41) is 0.393. The van der Waals surface area contributed by atoms with Crippen LogP contribution in [0.1, 0.15) is 47.8 Å². The van der Waals surface area contributed by atoms with Gasteiger partial charge < -0.3 is 9.64 Å². The third-order valence-electron chi connectivity index (χ3n) is 4.64. The number of fused-ring (bicyclic) bond motifs is 1. The van der Waals surface area contributed by atoms with Crippen LogP contribution in [0, 0.1) is 6.92 Å². The summed E-state index contributed by atoms with van der Waals surface area (Å²) in [6.07, 6.45) is 5.68. The summed E-state index contributed by atoms with van der Waals surface area (Å²) in [4.78, 5) is 44.4. The van der Waals surface area contributed by atoms with Crippen LogP contribution in [0.5, 0.6) is 0 Å². The zero-order valence-electron chi connectivity index (χ0n) is 15.1. The van der Waals surface area contributed by atoms with Gasteiger partial charge >= 0.3 is 5.97 Å². The summed E-state index contributed by atoms with van der Waals surface area (Å²) in [6.45, 7) is 5.19. The van der Waals surface area contributed by atoms with E-state index in [1.165, 1.54) is 10.9 Å². The van der Waals surface area contributed by atoms with Crippen molar-refractivity contribution in [1.82, 2.24) is 14.5 Å². The molecule has 2 aromatic heterocycles. The number of amides is 1. The highest BCUT2D eigenvalue weighted by Crippen LogP contribution is 2.27. The van der Waals surface area contributed by atoms with Crippen LogP contribution in [0.3, 0.4) is 0 Å². The molecule has 1 aliphatic rings. The van der Waals surface area contributed by atoms with E-state index < -0.39 is 5.97 Å². The number of hydrogen-bond donors (Lipinski definition) is 0. The minimum Gasteiger partial charge on any atom is -0.462 e. The Bertz CT molecular complexity index is 878. The molecule has 1 aliphatic heterocycles. The molecule has 0 bridgehead atoms. The molecule has 0 unspecified atom stereocenters. The van der Waals surface area contributed by atoms with Gasteiger partial charge in [0, 0.05) is 13.1 Å². The van der Waals surface area contributed by atoms with Gasteiger partial charge in [0.05, 0.1) is 18.3 Å². The molecule has 0 radical (unpaired) electrons. The number of hydrogen-bond acceptors (Lipinski definition) is 6. The van der Waals surface area contributed by atoms with E-state index in [9.17, 15) is 14.4 Å². The largest absolute Gasteiger partial charge is 0.462 e. The molecule has 0 spiro atoms. The highest BCUT2D eigenvalue weighted by molar-refractivity contribution is 7.20. The van der Waals surface area contributed by atoms with Gasteiger partial charge in [-0.3, -0.25) is 14.2 Å². The average Bonchev–Trinajstić information content (AvgIpc) is 2.80. The number of esters is 1. The molecule has 0 aliphatic carbocycles. The van der Waals surface area contributed by atoms with E-state index in [0.717, 1.165) is 50.1 Å². The minimum absolute atomic E-state index is 0.0220. The monoisotopic (exact) mass is 377 g/mol. The molecule has 2 aromatic rings. The maximum absolute atomic E-state index is 12.8. The number of aryl methyl sites for hydroxylation is 1. The lowest BCUT2D eigenvalue weighted by Gasteiger charge is -2.20. The van der Waals surface area contributed by atoms with Crippen molar-refractivity contribution in [3.8, 4) is 0 Å². The number of aromatic nitrogens is 2. The van der Waals surface area contributed by atoms with E-state index in [0.29, 0.717) is 20.7 Å². The second-order valence-electron chi connectivity index (χ2n) is 6.43. The van der Waals surface area contributed by atoms with E-state index in [-0.39, 0.29) is 24.6 Å². The number of rotatable bonds is 4. The summed E-state index contributed by atoms with van der Waals surface area (Å²) in [6, 6.07) is 0. The predicted octanol–water partition coefficient (Wildman–Crippen LogP) is 2.35. The molecule has 0 saturated carbocycles. The van der Waals surface area contributed by atoms with Crippen LogP contribution in [-0.4, -0.2) is 46.0 Å². The number of thiophene rings is 1. The molecule has 7 nitrogen and oxygen atoms in total. The molecule has 140 valence electrons.